The molecule has 206 valence electrons. The Morgan fingerprint density at radius 2 is 1.72 bits per heavy atom. The number of nitrogen functional groups attached to an aromatic ring is 1. The number of aryl methyl sites for hydroxylation is 1. The summed E-state index contributed by atoms with van der Waals surface area (Å²) in [6.07, 6.45) is 2.27. The normalized spacial score (nSPS) is 12.5. The fraction of sp³-hybridized carbons (Fsp3) is 0.267. The van der Waals surface area contributed by atoms with Crippen LogP contribution in [0.15, 0.2) is 84.9 Å². The van der Waals surface area contributed by atoms with Gasteiger partial charge in [-0.3, -0.25) is 10.1 Å². The zero-order chi connectivity index (χ0) is 28.0. The summed E-state index contributed by atoms with van der Waals surface area (Å²) in [6, 6.07) is 21.5. The Bertz CT molecular complexity index is 1230. The van der Waals surface area contributed by atoms with Gasteiger partial charge in [-0.05, 0) is 67.8 Å². The van der Waals surface area contributed by atoms with Crippen LogP contribution in [0.3, 0.4) is 0 Å². The molecule has 3 aromatic rings. The van der Waals surface area contributed by atoms with Crippen LogP contribution in [0.2, 0.25) is 0 Å². The number of carbonyl (C=O) groups is 2. The van der Waals surface area contributed by atoms with E-state index in [1.54, 1.807) is 73.8 Å². The lowest BCUT2D eigenvalue weighted by Crippen LogP contribution is -2.28. The van der Waals surface area contributed by atoms with Gasteiger partial charge in [0.25, 0.3) is 0 Å². The lowest BCUT2D eigenvalue weighted by atomic mass is 10.00. The molecule has 0 spiro atoms. The molecule has 0 saturated heterocycles. The molecule has 9 heteroatoms. The SMILES string of the molecule is CO[C@H](CC/C=C/C(=O)Nc1ccccc1N)[C@H](OC(=O)Nc1ccc(C)cc1)c1ccc(OCCO)cc1. The molecular weight excluding hydrogens is 498 g/mol. The monoisotopic (exact) mass is 533 g/mol. The molecule has 5 N–H and O–H groups in total. The smallest absolute Gasteiger partial charge is 0.412 e. The van der Waals surface area contributed by atoms with Gasteiger partial charge in [0.2, 0.25) is 5.91 Å². The summed E-state index contributed by atoms with van der Waals surface area (Å²) in [5, 5.41) is 14.5. The van der Waals surface area contributed by atoms with Crippen LogP contribution in [0.1, 0.15) is 30.1 Å². The van der Waals surface area contributed by atoms with Crippen molar-refractivity contribution in [3.05, 3.63) is 96.1 Å². The Labute approximate surface area is 228 Å². The number of allylic oxidation sites excluding steroid dienone is 1. The Morgan fingerprint density at radius 3 is 2.38 bits per heavy atom. The first-order valence-corrected chi connectivity index (χ1v) is 12.6. The van der Waals surface area contributed by atoms with Gasteiger partial charge in [0.05, 0.1) is 24.1 Å². The van der Waals surface area contributed by atoms with E-state index in [1.807, 2.05) is 19.1 Å². The Balaban J connectivity index is 1.68. The van der Waals surface area contributed by atoms with E-state index in [0.29, 0.717) is 41.2 Å². The number of nitrogens with one attached hydrogen (secondary N) is 2. The highest BCUT2D eigenvalue weighted by Gasteiger charge is 2.27. The lowest BCUT2D eigenvalue weighted by molar-refractivity contribution is -0.111. The zero-order valence-corrected chi connectivity index (χ0v) is 22.1. The average Bonchev–Trinajstić information content (AvgIpc) is 2.94. The van der Waals surface area contributed by atoms with Gasteiger partial charge in [-0.1, -0.05) is 48.0 Å². The molecular formula is C30H35N3O6. The molecule has 0 heterocycles. The molecule has 2 amide bonds. The Kier molecular flexibility index (Phi) is 11.4. The average molecular weight is 534 g/mol. The van der Waals surface area contributed by atoms with E-state index in [2.05, 4.69) is 10.6 Å². The molecule has 9 nitrogen and oxygen atoms in total. The summed E-state index contributed by atoms with van der Waals surface area (Å²) in [5.74, 6) is 0.281. The van der Waals surface area contributed by atoms with Gasteiger partial charge < -0.3 is 30.4 Å². The van der Waals surface area contributed by atoms with Gasteiger partial charge >= 0.3 is 6.09 Å². The van der Waals surface area contributed by atoms with Gasteiger partial charge in [-0.15, -0.1) is 0 Å². The second-order valence-electron chi connectivity index (χ2n) is 8.79. The van der Waals surface area contributed by atoms with E-state index in [9.17, 15) is 9.59 Å². The predicted octanol–water partition coefficient (Wildman–Crippen LogP) is 5.23. The van der Waals surface area contributed by atoms with Gasteiger partial charge in [-0.25, -0.2) is 4.79 Å². The Hall–Kier alpha value is -4.34. The van der Waals surface area contributed by atoms with Crippen LogP contribution in [0.4, 0.5) is 21.9 Å². The third-order valence-corrected chi connectivity index (χ3v) is 5.85. The molecule has 0 fully saturated rings. The highest BCUT2D eigenvalue weighted by atomic mass is 16.6. The van der Waals surface area contributed by atoms with E-state index in [0.717, 1.165) is 5.56 Å². The zero-order valence-electron chi connectivity index (χ0n) is 22.1. The van der Waals surface area contributed by atoms with Crippen molar-refractivity contribution in [3.8, 4) is 5.75 Å². The standard InChI is InChI=1S/C30H35N3O6/c1-21-11-15-23(16-12-21)32-30(36)39-29(22-13-17-24(18-14-22)38-20-19-34)27(37-2)9-5-6-10-28(35)33-26-8-4-3-7-25(26)31/h3-4,6-8,10-18,27,29,34H,5,9,19-20,31H2,1-2H3,(H,32,36)(H,33,35)/b10-6+/t27-,29-/m1/s1. The molecule has 39 heavy (non-hydrogen) atoms. The molecule has 0 unspecified atom stereocenters. The number of carbonyl (C=O) groups excluding carboxylic acids is 2. The molecule has 0 aliphatic rings. The summed E-state index contributed by atoms with van der Waals surface area (Å²) in [7, 11) is 1.55. The van der Waals surface area contributed by atoms with Crippen molar-refractivity contribution in [1.29, 1.82) is 0 Å². The summed E-state index contributed by atoms with van der Waals surface area (Å²) in [6.45, 7) is 2.04. The summed E-state index contributed by atoms with van der Waals surface area (Å²) >= 11 is 0. The van der Waals surface area contributed by atoms with E-state index >= 15 is 0 Å². The van der Waals surface area contributed by atoms with Crippen molar-refractivity contribution in [2.75, 3.05) is 36.7 Å². The van der Waals surface area contributed by atoms with Gasteiger partial charge in [0.1, 0.15) is 12.4 Å². The summed E-state index contributed by atoms with van der Waals surface area (Å²) < 4.78 is 17.0. The van der Waals surface area contributed by atoms with Crippen LogP contribution in [-0.2, 0) is 14.3 Å². The molecule has 0 saturated carbocycles. The maximum atomic E-state index is 12.8. The highest BCUT2D eigenvalue weighted by Crippen LogP contribution is 2.29. The van der Waals surface area contributed by atoms with E-state index < -0.39 is 18.3 Å². The molecule has 0 radical (unpaired) electrons. The lowest BCUT2D eigenvalue weighted by Gasteiger charge is -2.26. The van der Waals surface area contributed by atoms with E-state index in [1.165, 1.54) is 6.08 Å². The minimum absolute atomic E-state index is 0.0946. The maximum Gasteiger partial charge on any atom is 0.412 e. The first-order valence-electron chi connectivity index (χ1n) is 12.6. The van der Waals surface area contributed by atoms with Crippen LogP contribution in [0, 0.1) is 6.92 Å². The first kappa shape index (κ1) is 29.2. The topological polar surface area (TPSA) is 132 Å². The van der Waals surface area contributed by atoms with Crippen molar-refractivity contribution in [3.63, 3.8) is 0 Å². The number of para-hydroxylation sites is 2. The van der Waals surface area contributed by atoms with Gasteiger partial charge in [-0.2, -0.15) is 0 Å². The number of nitrogens with two attached hydrogens (primary N) is 1. The summed E-state index contributed by atoms with van der Waals surface area (Å²) in [5.41, 5.74) is 9.29. The fourth-order valence-corrected chi connectivity index (χ4v) is 3.80. The minimum Gasteiger partial charge on any atom is -0.491 e. The molecule has 0 aliphatic carbocycles. The van der Waals surface area contributed by atoms with Crippen molar-refractivity contribution in [2.24, 2.45) is 0 Å². The molecule has 3 aromatic carbocycles. The number of aliphatic hydroxyl groups is 1. The number of rotatable bonds is 13. The predicted molar refractivity (Wildman–Crippen MR) is 152 cm³/mol. The van der Waals surface area contributed by atoms with Crippen molar-refractivity contribution < 1.29 is 28.9 Å². The third-order valence-electron chi connectivity index (χ3n) is 5.85. The van der Waals surface area contributed by atoms with Crippen LogP contribution >= 0.6 is 0 Å². The van der Waals surface area contributed by atoms with Crippen LogP contribution in [-0.4, -0.2) is 43.5 Å². The largest absolute Gasteiger partial charge is 0.491 e. The Morgan fingerprint density at radius 1 is 1.00 bits per heavy atom. The van der Waals surface area contributed by atoms with E-state index in [-0.39, 0.29) is 19.1 Å². The number of benzene rings is 3. The molecule has 2 atom stereocenters. The van der Waals surface area contributed by atoms with Gasteiger partial charge in [0, 0.05) is 12.8 Å². The number of hydrogen-bond acceptors (Lipinski definition) is 7. The number of hydrogen-bond donors (Lipinski definition) is 4. The molecule has 3 rings (SSSR count). The quantitative estimate of drug-likeness (QED) is 0.175. The summed E-state index contributed by atoms with van der Waals surface area (Å²) in [4.78, 5) is 25.1. The van der Waals surface area contributed by atoms with E-state index in [4.69, 9.17) is 25.1 Å². The van der Waals surface area contributed by atoms with Gasteiger partial charge in [0.15, 0.2) is 6.10 Å². The second-order valence-corrected chi connectivity index (χ2v) is 8.79. The van der Waals surface area contributed by atoms with Crippen molar-refractivity contribution in [1.82, 2.24) is 0 Å². The molecule has 0 bridgehead atoms. The highest BCUT2D eigenvalue weighted by molar-refractivity contribution is 6.01. The number of methoxy groups -OCH3 is 1. The maximum absolute atomic E-state index is 12.8. The number of ether oxygens (including phenoxy) is 3. The number of amides is 2. The van der Waals surface area contributed by atoms with Crippen LogP contribution < -0.4 is 21.1 Å². The first-order chi connectivity index (χ1) is 18.9. The number of aliphatic hydroxyl groups excluding tert-OH is 1. The fourth-order valence-electron chi connectivity index (χ4n) is 3.80. The molecule has 0 aliphatic heterocycles. The third kappa shape index (κ3) is 9.48. The second kappa shape index (κ2) is 15.2. The minimum atomic E-state index is -0.737. The van der Waals surface area contributed by atoms with Crippen LogP contribution in [0.5, 0.6) is 5.75 Å². The van der Waals surface area contributed by atoms with Crippen molar-refractivity contribution >= 4 is 29.1 Å². The molecule has 0 aromatic heterocycles. The van der Waals surface area contributed by atoms with Crippen molar-refractivity contribution in [2.45, 2.75) is 32.0 Å². The van der Waals surface area contributed by atoms with Crippen LogP contribution in [0.25, 0.3) is 0 Å². The number of anilines is 3.